The van der Waals surface area contributed by atoms with Crippen molar-refractivity contribution in [3.63, 3.8) is 0 Å². The molecule has 0 amide bonds. The number of rotatable bonds is 9. The molecule has 16 rings (SSSR count). The van der Waals surface area contributed by atoms with E-state index in [1.165, 1.54) is 84.9 Å². The third kappa shape index (κ3) is 6.69. The van der Waals surface area contributed by atoms with E-state index in [9.17, 15) is 0 Å². The Morgan fingerprint density at radius 3 is 1.35 bits per heavy atom. The molecule has 14 aromatic rings. The highest BCUT2D eigenvalue weighted by molar-refractivity contribution is 7.26. The average Bonchev–Trinajstić information content (AvgIpc) is 4.26. The lowest BCUT2D eigenvalue weighted by molar-refractivity contribution is 0.794. The van der Waals surface area contributed by atoms with Crippen molar-refractivity contribution < 1.29 is 0 Å². The highest BCUT2D eigenvalue weighted by Crippen LogP contribution is 2.65. The summed E-state index contributed by atoms with van der Waals surface area (Å²) in [5.41, 5.74) is 20.1. The fraction of sp³-hybridized carbons (Fsp3) is 0.0137. The largest absolute Gasteiger partial charge is 0.310 e. The maximum Gasteiger partial charge on any atom is 0.0726 e. The second-order valence-electron chi connectivity index (χ2n) is 20.3. The molecule has 0 radical (unpaired) electrons. The molecule has 0 saturated carbocycles. The van der Waals surface area contributed by atoms with Crippen LogP contribution in [0.5, 0.6) is 0 Å². The van der Waals surface area contributed by atoms with Crippen molar-refractivity contribution in [2.24, 2.45) is 0 Å². The van der Waals surface area contributed by atoms with Crippen molar-refractivity contribution in [3.05, 3.63) is 307 Å². The van der Waals surface area contributed by atoms with Gasteiger partial charge in [-0.15, -0.1) is 22.7 Å². The van der Waals surface area contributed by atoms with E-state index < -0.39 is 5.41 Å². The lowest BCUT2D eigenvalue weighted by atomic mass is 9.70. The molecule has 2 heterocycles. The zero-order chi connectivity index (χ0) is 51.3. The van der Waals surface area contributed by atoms with E-state index in [0.717, 1.165) is 51.2 Å². The minimum atomic E-state index is -0.440. The van der Waals surface area contributed by atoms with Gasteiger partial charge in [-0.3, -0.25) is 0 Å². The summed E-state index contributed by atoms with van der Waals surface area (Å²) >= 11 is 3.72. The highest BCUT2D eigenvalue weighted by Gasteiger charge is 2.52. The fourth-order valence-electron chi connectivity index (χ4n) is 13.1. The SMILES string of the molecule is c1ccc(N(c2ccc3c(c2)sc2ccc(N(c4ccccc4)c4cccc5c4-c4ccccc4C54c5ccccc5-c5ccccc54)cc23)c2cc(N(c3ccccc3)c3ccccc3)c3c(c2)sc2ccccc23)cc1. The predicted molar refractivity (Wildman–Crippen MR) is 333 cm³/mol. The van der Waals surface area contributed by atoms with Crippen molar-refractivity contribution in [2.75, 3.05) is 14.7 Å². The third-order valence-electron chi connectivity index (χ3n) is 16.2. The molecule has 0 saturated heterocycles. The van der Waals surface area contributed by atoms with Gasteiger partial charge in [0.05, 0.1) is 16.8 Å². The monoisotopic (exact) mass is 1030 g/mol. The van der Waals surface area contributed by atoms with E-state index >= 15 is 0 Å². The van der Waals surface area contributed by atoms with Gasteiger partial charge >= 0.3 is 0 Å². The first kappa shape index (κ1) is 44.7. The Hall–Kier alpha value is -9.52. The Kier molecular flexibility index (Phi) is 10.2. The molecular weight excluding hydrogens is 983 g/mol. The van der Waals surface area contributed by atoms with Gasteiger partial charge in [0.25, 0.3) is 0 Å². The van der Waals surface area contributed by atoms with E-state index in [2.05, 4.69) is 300 Å². The minimum absolute atomic E-state index is 0.440. The molecular formula is C73H47N3S2. The van der Waals surface area contributed by atoms with Crippen LogP contribution in [-0.2, 0) is 5.41 Å². The first-order chi connectivity index (χ1) is 38.7. The molecule has 5 heteroatoms. The minimum Gasteiger partial charge on any atom is -0.310 e. The van der Waals surface area contributed by atoms with Gasteiger partial charge in [0.1, 0.15) is 0 Å². The highest BCUT2D eigenvalue weighted by atomic mass is 32.1. The Balaban J connectivity index is 0.868. The Morgan fingerprint density at radius 1 is 0.244 bits per heavy atom. The van der Waals surface area contributed by atoms with Crippen LogP contribution in [0.2, 0.25) is 0 Å². The van der Waals surface area contributed by atoms with Gasteiger partial charge in [-0.2, -0.15) is 0 Å². The molecule has 78 heavy (non-hydrogen) atoms. The molecule has 3 nitrogen and oxygen atoms in total. The van der Waals surface area contributed by atoms with Crippen LogP contribution in [0.1, 0.15) is 22.3 Å². The number of para-hydroxylation sites is 4. The van der Waals surface area contributed by atoms with Crippen molar-refractivity contribution >= 4 is 114 Å². The lowest BCUT2D eigenvalue weighted by Crippen LogP contribution is -2.26. The van der Waals surface area contributed by atoms with E-state index in [1.54, 1.807) is 0 Å². The van der Waals surface area contributed by atoms with Crippen molar-refractivity contribution in [3.8, 4) is 22.3 Å². The van der Waals surface area contributed by atoms with Crippen molar-refractivity contribution in [2.45, 2.75) is 5.41 Å². The van der Waals surface area contributed by atoms with E-state index in [1.807, 2.05) is 22.7 Å². The molecule has 0 unspecified atom stereocenters. The van der Waals surface area contributed by atoms with Crippen LogP contribution < -0.4 is 14.7 Å². The number of hydrogen-bond acceptors (Lipinski definition) is 5. The number of hydrogen-bond donors (Lipinski definition) is 0. The number of nitrogens with zero attached hydrogens (tertiary/aromatic N) is 3. The topological polar surface area (TPSA) is 9.72 Å². The number of thiophene rings is 2. The van der Waals surface area contributed by atoms with Gasteiger partial charge < -0.3 is 14.7 Å². The van der Waals surface area contributed by atoms with Crippen LogP contribution in [0.4, 0.5) is 51.2 Å². The molecule has 1 spiro atoms. The lowest BCUT2D eigenvalue weighted by Gasteiger charge is -2.31. The summed E-state index contributed by atoms with van der Waals surface area (Å²) in [5.74, 6) is 0. The van der Waals surface area contributed by atoms with Gasteiger partial charge in [0.2, 0.25) is 0 Å². The number of fused-ring (bicyclic) bond motifs is 16. The zero-order valence-corrected chi connectivity index (χ0v) is 43.9. The predicted octanol–water partition coefficient (Wildman–Crippen LogP) is 21.2. The van der Waals surface area contributed by atoms with Gasteiger partial charge in [-0.25, -0.2) is 0 Å². The zero-order valence-electron chi connectivity index (χ0n) is 42.3. The summed E-state index contributed by atoms with van der Waals surface area (Å²) in [7, 11) is 0. The Labute approximate surface area is 461 Å². The second-order valence-corrected chi connectivity index (χ2v) is 22.5. The summed E-state index contributed by atoms with van der Waals surface area (Å²) in [4.78, 5) is 7.36. The molecule has 0 bridgehead atoms. The van der Waals surface area contributed by atoms with Crippen LogP contribution in [-0.4, -0.2) is 0 Å². The normalized spacial score (nSPS) is 12.7. The number of benzene rings is 12. The third-order valence-corrected chi connectivity index (χ3v) is 18.4. The summed E-state index contributed by atoms with van der Waals surface area (Å²) < 4.78 is 4.99. The van der Waals surface area contributed by atoms with E-state index in [4.69, 9.17) is 0 Å². The van der Waals surface area contributed by atoms with Crippen LogP contribution in [0.15, 0.2) is 285 Å². The molecule has 366 valence electrons. The van der Waals surface area contributed by atoms with Crippen molar-refractivity contribution in [1.82, 2.24) is 0 Å². The molecule has 2 aromatic heterocycles. The average molecular weight is 1030 g/mol. The summed E-state index contributed by atoms with van der Waals surface area (Å²) in [6.45, 7) is 0. The maximum absolute atomic E-state index is 2.49. The molecule has 0 N–H and O–H groups in total. The van der Waals surface area contributed by atoms with E-state index in [-0.39, 0.29) is 0 Å². The molecule has 0 aliphatic heterocycles. The first-order valence-corrected chi connectivity index (χ1v) is 28.3. The van der Waals surface area contributed by atoms with Gasteiger partial charge in [-0.1, -0.05) is 182 Å². The van der Waals surface area contributed by atoms with E-state index in [0.29, 0.717) is 0 Å². The molecule has 0 atom stereocenters. The van der Waals surface area contributed by atoms with Crippen LogP contribution >= 0.6 is 22.7 Å². The first-order valence-electron chi connectivity index (χ1n) is 26.7. The van der Waals surface area contributed by atoms with Crippen LogP contribution in [0, 0.1) is 0 Å². The quantitative estimate of drug-likeness (QED) is 0.143. The van der Waals surface area contributed by atoms with Crippen molar-refractivity contribution in [1.29, 1.82) is 0 Å². The molecule has 2 aliphatic carbocycles. The molecule has 12 aromatic carbocycles. The van der Waals surface area contributed by atoms with Crippen LogP contribution in [0.25, 0.3) is 62.6 Å². The number of anilines is 9. The maximum atomic E-state index is 2.49. The molecule has 2 aliphatic rings. The smallest absolute Gasteiger partial charge is 0.0726 e. The van der Waals surface area contributed by atoms with Gasteiger partial charge in [-0.05, 0) is 142 Å². The van der Waals surface area contributed by atoms with Gasteiger partial charge in [0.15, 0.2) is 0 Å². The fourth-order valence-corrected chi connectivity index (χ4v) is 15.4. The second kappa shape index (κ2) is 17.8. The summed E-state index contributed by atoms with van der Waals surface area (Å²) in [6, 6.07) is 105. The molecule has 0 fully saturated rings. The Morgan fingerprint density at radius 2 is 0.705 bits per heavy atom. The van der Waals surface area contributed by atoms with Crippen LogP contribution in [0.3, 0.4) is 0 Å². The summed E-state index contributed by atoms with van der Waals surface area (Å²) in [5, 5.41) is 4.99. The standard InChI is InChI=1S/C73H47N3S2/c1-5-22-48(23-6-1)74(54-45-66(72-59-33-16-20-39-67(59)78-70(72)47-54)75(49-24-7-2-8-25-49)50-26-9-3-10-27-50)53-40-42-57-60-44-52(41-43-68(60)77-69(57)46-53)76(51-28-11-4-12-29-51)65-38-21-37-64-71(65)58-32-15-19-36-63(58)73(64)61-34-17-13-30-55(61)56-31-14-18-35-62(56)73/h1-47H. The summed E-state index contributed by atoms with van der Waals surface area (Å²) in [6.07, 6.45) is 0. The Bertz CT molecular complexity index is 4560. The van der Waals surface area contributed by atoms with Gasteiger partial charge in [0, 0.05) is 85.7 Å².